The molecule has 2 heterocycles. The van der Waals surface area contributed by atoms with E-state index in [4.69, 9.17) is 4.74 Å². The lowest BCUT2D eigenvalue weighted by molar-refractivity contribution is -0.187. The lowest BCUT2D eigenvalue weighted by Crippen LogP contribution is -2.49. The number of aromatic nitrogens is 1. The van der Waals surface area contributed by atoms with Crippen molar-refractivity contribution in [3.05, 3.63) is 30.0 Å². The molecule has 22 heavy (non-hydrogen) atoms. The van der Waals surface area contributed by atoms with Crippen molar-refractivity contribution in [2.75, 3.05) is 33.3 Å². The number of methoxy groups -OCH3 is 1. The van der Waals surface area contributed by atoms with Crippen molar-refractivity contribution < 1.29 is 17.9 Å². The summed E-state index contributed by atoms with van der Waals surface area (Å²) in [6.07, 6.45) is -2.86. The number of H-pyrrole nitrogens is 1. The van der Waals surface area contributed by atoms with Gasteiger partial charge in [-0.1, -0.05) is 0 Å². The van der Waals surface area contributed by atoms with Crippen LogP contribution in [-0.2, 0) is 0 Å². The first-order valence-electron chi connectivity index (χ1n) is 7.17. The molecule has 0 saturated carbocycles. The fourth-order valence-electron chi connectivity index (χ4n) is 2.99. The molecule has 7 heteroatoms. The molecule has 1 saturated heterocycles. The molecule has 1 atom stereocenters. The van der Waals surface area contributed by atoms with E-state index >= 15 is 0 Å². The second kappa shape index (κ2) is 5.81. The number of hydrogen-bond acceptors (Lipinski definition) is 3. The van der Waals surface area contributed by atoms with E-state index in [2.05, 4.69) is 10.3 Å². The number of halogens is 3. The van der Waals surface area contributed by atoms with E-state index in [1.807, 2.05) is 0 Å². The summed E-state index contributed by atoms with van der Waals surface area (Å²) in [6, 6.07) is 3.52. The van der Waals surface area contributed by atoms with Crippen molar-refractivity contribution in [2.24, 2.45) is 0 Å². The van der Waals surface area contributed by atoms with Gasteiger partial charge < -0.3 is 15.0 Å². The maximum atomic E-state index is 13.7. The molecular formula is C15H18F3N3O. The number of nitrogens with zero attached hydrogens (tertiary/aromatic N) is 1. The zero-order valence-electron chi connectivity index (χ0n) is 12.2. The summed E-state index contributed by atoms with van der Waals surface area (Å²) in [5.74, 6) is 0.551. The Bertz CT molecular complexity index is 647. The summed E-state index contributed by atoms with van der Waals surface area (Å²) in [7, 11) is 1.51. The van der Waals surface area contributed by atoms with Gasteiger partial charge in [0.05, 0.1) is 7.11 Å². The van der Waals surface area contributed by atoms with Crippen LogP contribution < -0.4 is 10.1 Å². The van der Waals surface area contributed by atoms with E-state index in [0.29, 0.717) is 42.8 Å². The van der Waals surface area contributed by atoms with Crippen LogP contribution in [0.15, 0.2) is 24.4 Å². The van der Waals surface area contributed by atoms with Crippen LogP contribution in [0.2, 0.25) is 0 Å². The lowest BCUT2D eigenvalue weighted by atomic mass is 10.0. The Morgan fingerprint density at radius 3 is 2.59 bits per heavy atom. The van der Waals surface area contributed by atoms with Gasteiger partial charge in [0.25, 0.3) is 0 Å². The predicted molar refractivity (Wildman–Crippen MR) is 78.1 cm³/mol. The molecule has 0 bridgehead atoms. The Hall–Kier alpha value is -1.73. The number of aromatic amines is 1. The molecule has 0 spiro atoms. The number of rotatable bonds is 3. The monoisotopic (exact) mass is 313 g/mol. The summed E-state index contributed by atoms with van der Waals surface area (Å²) in [4.78, 5) is 4.42. The van der Waals surface area contributed by atoms with Crippen LogP contribution in [0.1, 0.15) is 11.6 Å². The van der Waals surface area contributed by atoms with Gasteiger partial charge in [-0.05, 0) is 18.2 Å². The molecule has 3 rings (SSSR count). The van der Waals surface area contributed by atoms with Gasteiger partial charge >= 0.3 is 6.18 Å². The predicted octanol–water partition coefficient (Wildman–Crippen LogP) is 2.69. The molecule has 0 unspecified atom stereocenters. The molecule has 120 valence electrons. The minimum Gasteiger partial charge on any atom is -0.497 e. The van der Waals surface area contributed by atoms with Crippen LogP contribution in [0.5, 0.6) is 5.75 Å². The summed E-state index contributed by atoms with van der Waals surface area (Å²) < 4.78 is 46.2. The number of hydrogen-bond donors (Lipinski definition) is 2. The summed E-state index contributed by atoms with van der Waals surface area (Å²) in [5, 5.41) is 3.64. The minimum atomic E-state index is -4.32. The van der Waals surface area contributed by atoms with Gasteiger partial charge in [0.15, 0.2) is 0 Å². The largest absolute Gasteiger partial charge is 0.497 e. The SMILES string of the molecule is COc1ccc2[nH]cc([C@H](N3CCNCC3)C(F)(F)F)c2c1. The molecule has 2 N–H and O–H groups in total. The van der Waals surface area contributed by atoms with Crippen LogP contribution in [0.25, 0.3) is 10.9 Å². The number of nitrogens with one attached hydrogen (secondary N) is 2. The topological polar surface area (TPSA) is 40.3 Å². The summed E-state index contributed by atoms with van der Waals surface area (Å²) in [5.41, 5.74) is 0.934. The first-order chi connectivity index (χ1) is 10.5. The Balaban J connectivity index is 2.07. The number of benzene rings is 1. The fourth-order valence-corrected chi connectivity index (χ4v) is 2.99. The van der Waals surface area contributed by atoms with E-state index in [1.165, 1.54) is 18.2 Å². The van der Waals surface area contributed by atoms with Crippen LogP contribution >= 0.6 is 0 Å². The zero-order chi connectivity index (χ0) is 15.7. The smallest absolute Gasteiger partial charge is 0.408 e. The van der Waals surface area contributed by atoms with Gasteiger partial charge in [-0.25, -0.2) is 0 Å². The Labute approximate surface area is 126 Å². The van der Waals surface area contributed by atoms with E-state index in [0.717, 1.165) is 0 Å². The number of fused-ring (bicyclic) bond motifs is 1. The van der Waals surface area contributed by atoms with Gasteiger partial charge in [0.1, 0.15) is 11.8 Å². The number of ether oxygens (including phenoxy) is 1. The number of alkyl halides is 3. The average molecular weight is 313 g/mol. The molecule has 1 aliphatic heterocycles. The summed E-state index contributed by atoms with van der Waals surface area (Å²) >= 11 is 0. The number of piperazine rings is 1. The summed E-state index contributed by atoms with van der Waals surface area (Å²) in [6.45, 7) is 1.89. The third-order valence-corrected chi connectivity index (χ3v) is 4.04. The molecule has 0 aliphatic carbocycles. The normalized spacial score (nSPS) is 18.5. The standard InChI is InChI=1S/C15H18F3N3O/c1-22-10-2-3-13-11(8-10)12(9-20-13)14(15(16,17)18)21-6-4-19-5-7-21/h2-3,8-9,14,19-20H,4-7H2,1H3/t14-/m0/s1. The molecule has 0 amide bonds. The third-order valence-electron chi connectivity index (χ3n) is 4.04. The highest BCUT2D eigenvalue weighted by Crippen LogP contribution is 2.41. The van der Waals surface area contributed by atoms with Crippen LogP contribution in [0.4, 0.5) is 13.2 Å². The molecular weight excluding hydrogens is 295 g/mol. The van der Waals surface area contributed by atoms with Crippen molar-refractivity contribution in [3.63, 3.8) is 0 Å². The van der Waals surface area contributed by atoms with E-state index in [1.54, 1.807) is 18.2 Å². The van der Waals surface area contributed by atoms with Crippen molar-refractivity contribution in [2.45, 2.75) is 12.2 Å². The first kappa shape index (κ1) is 15.2. The van der Waals surface area contributed by atoms with Gasteiger partial charge in [0, 0.05) is 48.8 Å². The maximum absolute atomic E-state index is 13.7. The van der Waals surface area contributed by atoms with Gasteiger partial charge in [-0.2, -0.15) is 13.2 Å². The molecule has 1 aliphatic rings. The maximum Gasteiger partial charge on any atom is 0.408 e. The third kappa shape index (κ3) is 2.78. The van der Waals surface area contributed by atoms with E-state index in [9.17, 15) is 13.2 Å². The quantitative estimate of drug-likeness (QED) is 0.915. The Morgan fingerprint density at radius 2 is 1.95 bits per heavy atom. The first-order valence-corrected chi connectivity index (χ1v) is 7.17. The lowest BCUT2D eigenvalue weighted by Gasteiger charge is -2.35. The highest BCUT2D eigenvalue weighted by Gasteiger charge is 2.45. The van der Waals surface area contributed by atoms with Gasteiger partial charge in [-0.3, -0.25) is 4.90 Å². The van der Waals surface area contributed by atoms with Gasteiger partial charge in [-0.15, -0.1) is 0 Å². The van der Waals surface area contributed by atoms with E-state index < -0.39 is 12.2 Å². The molecule has 1 fully saturated rings. The molecule has 1 aromatic carbocycles. The molecule has 4 nitrogen and oxygen atoms in total. The second-order valence-electron chi connectivity index (χ2n) is 5.39. The zero-order valence-corrected chi connectivity index (χ0v) is 12.2. The van der Waals surface area contributed by atoms with Crippen molar-refractivity contribution in [1.29, 1.82) is 0 Å². The second-order valence-corrected chi connectivity index (χ2v) is 5.39. The average Bonchev–Trinajstić information content (AvgIpc) is 2.90. The van der Waals surface area contributed by atoms with Crippen molar-refractivity contribution >= 4 is 10.9 Å². The fraction of sp³-hybridized carbons (Fsp3) is 0.467. The van der Waals surface area contributed by atoms with Crippen molar-refractivity contribution in [1.82, 2.24) is 15.2 Å². The molecule has 0 radical (unpaired) electrons. The minimum absolute atomic E-state index is 0.253. The molecule has 2 aromatic rings. The Kier molecular flexibility index (Phi) is 4.01. The highest BCUT2D eigenvalue weighted by molar-refractivity contribution is 5.85. The highest BCUT2D eigenvalue weighted by atomic mass is 19.4. The molecule has 1 aromatic heterocycles. The van der Waals surface area contributed by atoms with Crippen LogP contribution in [0, 0.1) is 0 Å². The van der Waals surface area contributed by atoms with Crippen LogP contribution in [0.3, 0.4) is 0 Å². The van der Waals surface area contributed by atoms with Gasteiger partial charge in [0.2, 0.25) is 0 Å². The van der Waals surface area contributed by atoms with Crippen molar-refractivity contribution in [3.8, 4) is 5.75 Å². The van der Waals surface area contributed by atoms with Crippen LogP contribution in [-0.4, -0.2) is 49.3 Å². The Morgan fingerprint density at radius 1 is 1.23 bits per heavy atom. The van der Waals surface area contributed by atoms with E-state index in [-0.39, 0.29) is 5.56 Å².